The van der Waals surface area contributed by atoms with E-state index >= 15 is 0 Å². The predicted molar refractivity (Wildman–Crippen MR) is 92.2 cm³/mol. The SMILES string of the molecule is CN(CCc1ccncc1)C(=O)C1CC1C(=O)Nc1ccccc1F. The highest BCUT2D eigenvalue weighted by Crippen LogP contribution is 2.40. The van der Waals surface area contributed by atoms with E-state index in [4.69, 9.17) is 0 Å². The highest BCUT2D eigenvalue weighted by molar-refractivity contribution is 5.99. The summed E-state index contributed by atoms with van der Waals surface area (Å²) in [5.41, 5.74) is 1.26. The van der Waals surface area contributed by atoms with Crippen LogP contribution >= 0.6 is 0 Å². The highest BCUT2D eigenvalue weighted by atomic mass is 19.1. The zero-order valence-electron chi connectivity index (χ0n) is 14.0. The number of carbonyl (C=O) groups is 2. The number of hydrogen-bond acceptors (Lipinski definition) is 3. The Labute approximate surface area is 145 Å². The lowest BCUT2D eigenvalue weighted by atomic mass is 10.2. The molecule has 1 aliphatic carbocycles. The summed E-state index contributed by atoms with van der Waals surface area (Å²) in [5, 5.41) is 2.56. The summed E-state index contributed by atoms with van der Waals surface area (Å²) in [6.07, 6.45) is 4.70. The molecule has 2 unspecified atom stereocenters. The zero-order chi connectivity index (χ0) is 17.8. The first-order valence-electron chi connectivity index (χ1n) is 8.25. The molecule has 1 aliphatic rings. The molecule has 1 fully saturated rings. The van der Waals surface area contributed by atoms with Crippen molar-refractivity contribution >= 4 is 17.5 Å². The van der Waals surface area contributed by atoms with E-state index in [1.807, 2.05) is 12.1 Å². The molecule has 1 aromatic heterocycles. The summed E-state index contributed by atoms with van der Waals surface area (Å²) in [4.78, 5) is 30.2. The van der Waals surface area contributed by atoms with Crippen molar-refractivity contribution in [2.45, 2.75) is 12.8 Å². The number of aromatic nitrogens is 1. The van der Waals surface area contributed by atoms with E-state index in [2.05, 4.69) is 10.3 Å². The van der Waals surface area contributed by atoms with Gasteiger partial charge >= 0.3 is 0 Å². The summed E-state index contributed by atoms with van der Waals surface area (Å²) in [7, 11) is 1.74. The Hall–Kier alpha value is -2.76. The number of halogens is 1. The second kappa shape index (κ2) is 7.42. The van der Waals surface area contributed by atoms with E-state index in [0.29, 0.717) is 13.0 Å². The van der Waals surface area contributed by atoms with Crippen LogP contribution in [0, 0.1) is 17.7 Å². The monoisotopic (exact) mass is 341 g/mol. The lowest BCUT2D eigenvalue weighted by Crippen LogP contribution is -2.31. The number of para-hydroxylation sites is 1. The quantitative estimate of drug-likeness (QED) is 0.878. The molecule has 130 valence electrons. The smallest absolute Gasteiger partial charge is 0.228 e. The number of nitrogens with one attached hydrogen (secondary N) is 1. The fourth-order valence-electron chi connectivity index (χ4n) is 2.79. The van der Waals surface area contributed by atoms with Gasteiger partial charge in [-0.2, -0.15) is 0 Å². The average molecular weight is 341 g/mol. The molecular weight excluding hydrogens is 321 g/mol. The number of amides is 2. The number of anilines is 1. The van der Waals surface area contributed by atoms with E-state index < -0.39 is 5.82 Å². The third kappa shape index (κ3) is 4.21. The maximum absolute atomic E-state index is 13.6. The van der Waals surface area contributed by atoms with Gasteiger partial charge in [0, 0.05) is 26.0 Å². The first-order chi connectivity index (χ1) is 12.1. The van der Waals surface area contributed by atoms with Crippen molar-refractivity contribution in [3.05, 3.63) is 60.2 Å². The van der Waals surface area contributed by atoms with Crippen LogP contribution in [-0.4, -0.2) is 35.3 Å². The molecular formula is C19H20FN3O2. The van der Waals surface area contributed by atoms with Crippen molar-refractivity contribution in [3.63, 3.8) is 0 Å². The second-order valence-electron chi connectivity index (χ2n) is 6.28. The molecule has 5 nitrogen and oxygen atoms in total. The number of nitrogens with zero attached hydrogens (tertiary/aromatic N) is 2. The minimum atomic E-state index is -0.478. The van der Waals surface area contributed by atoms with Crippen LogP contribution in [0.4, 0.5) is 10.1 Å². The third-order valence-electron chi connectivity index (χ3n) is 4.44. The van der Waals surface area contributed by atoms with Gasteiger partial charge in [0.2, 0.25) is 11.8 Å². The van der Waals surface area contributed by atoms with Gasteiger partial charge in [-0.15, -0.1) is 0 Å². The first-order valence-corrected chi connectivity index (χ1v) is 8.25. The Bertz CT molecular complexity index is 766. The Morgan fingerprint density at radius 2 is 1.92 bits per heavy atom. The molecule has 1 heterocycles. The summed E-state index contributed by atoms with van der Waals surface area (Å²) >= 11 is 0. The van der Waals surface area contributed by atoms with Gasteiger partial charge < -0.3 is 10.2 Å². The van der Waals surface area contributed by atoms with E-state index in [9.17, 15) is 14.0 Å². The fraction of sp³-hybridized carbons (Fsp3) is 0.316. The van der Waals surface area contributed by atoms with Gasteiger partial charge in [-0.3, -0.25) is 14.6 Å². The molecule has 1 aromatic carbocycles. The second-order valence-corrected chi connectivity index (χ2v) is 6.28. The van der Waals surface area contributed by atoms with Gasteiger partial charge in [0.05, 0.1) is 17.5 Å². The van der Waals surface area contributed by atoms with Crippen LogP contribution in [0.2, 0.25) is 0 Å². The number of pyridine rings is 1. The van der Waals surface area contributed by atoms with Crippen molar-refractivity contribution < 1.29 is 14.0 Å². The van der Waals surface area contributed by atoms with Gasteiger partial charge in [-0.05, 0) is 42.7 Å². The van der Waals surface area contributed by atoms with Gasteiger partial charge in [0.25, 0.3) is 0 Å². The van der Waals surface area contributed by atoms with Gasteiger partial charge in [-0.25, -0.2) is 4.39 Å². The van der Waals surface area contributed by atoms with E-state index in [0.717, 1.165) is 12.0 Å². The van der Waals surface area contributed by atoms with Crippen LogP contribution in [0.15, 0.2) is 48.8 Å². The summed E-state index contributed by atoms with van der Waals surface area (Å²) in [6, 6.07) is 9.85. The van der Waals surface area contributed by atoms with Crippen molar-refractivity contribution in [1.82, 2.24) is 9.88 Å². The van der Waals surface area contributed by atoms with Crippen molar-refractivity contribution in [1.29, 1.82) is 0 Å². The average Bonchev–Trinajstić information content (AvgIpc) is 3.42. The van der Waals surface area contributed by atoms with Gasteiger partial charge in [0.15, 0.2) is 0 Å². The molecule has 0 aliphatic heterocycles. The summed E-state index contributed by atoms with van der Waals surface area (Å²) in [6.45, 7) is 0.584. The molecule has 1 saturated carbocycles. The lowest BCUT2D eigenvalue weighted by molar-refractivity contribution is -0.132. The lowest BCUT2D eigenvalue weighted by Gasteiger charge is -2.17. The van der Waals surface area contributed by atoms with Crippen molar-refractivity contribution in [2.75, 3.05) is 18.9 Å². The molecule has 0 radical (unpaired) electrons. The van der Waals surface area contributed by atoms with Gasteiger partial charge in [-0.1, -0.05) is 12.1 Å². The Balaban J connectivity index is 1.49. The largest absolute Gasteiger partial charge is 0.345 e. The summed E-state index contributed by atoms with van der Waals surface area (Å²) in [5.74, 6) is -1.51. The summed E-state index contributed by atoms with van der Waals surface area (Å²) < 4.78 is 13.6. The topological polar surface area (TPSA) is 62.3 Å². The Kier molecular flexibility index (Phi) is 5.07. The minimum Gasteiger partial charge on any atom is -0.345 e. The molecule has 0 spiro atoms. The number of carbonyl (C=O) groups excluding carboxylic acids is 2. The molecule has 6 heteroatoms. The molecule has 0 saturated heterocycles. The van der Waals surface area contributed by atoms with Gasteiger partial charge in [0.1, 0.15) is 5.82 Å². The molecule has 1 N–H and O–H groups in total. The minimum absolute atomic E-state index is 0.0391. The molecule has 0 bridgehead atoms. The van der Waals surface area contributed by atoms with Crippen molar-refractivity contribution in [2.24, 2.45) is 11.8 Å². The van der Waals surface area contributed by atoms with Crippen LogP contribution in [0.3, 0.4) is 0 Å². The van der Waals surface area contributed by atoms with E-state index in [-0.39, 0.29) is 29.3 Å². The first kappa shape index (κ1) is 17.1. The van der Waals surface area contributed by atoms with Crippen LogP contribution < -0.4 is 5.32 Å². The molecule has 25 heavy (non-hydrogen) atoms. The predicted octanol–water partition coefficient (Wildman–Crippen LogP) is 2.50. The highest BCUT2D eigenvalue weighted by Gasteiger charge is 2.49. The van der Waals surface area contributed by atoms with Crippen LogP contribution in [0.1, 0.15) is 12.0 Å². The Morgan fingerprint density at radius 3 is 2.64 bits per heavy atom. The maximum Gasteiger partial charge on any atom is 0.228 e. The molecule has 3 rings (SSSR count). The molecule has 2 atom stereocenters. The van der Waals surface area contributed by atoms with E-state index in [1.54, 1.807) is 36.5 Å². The standard InChI is InChI=1S/C19H20FN3O2/c1-23(11-8-13-6-9-21-10-7-13)19(25)15-12-14(15)18(24)22-17-5-3-2-4-16(17)20/h2-7,9-10,14-15H,8,11-12H2,1H3,(H,22,24). The van der Waals surface area contributed by atoms with E-state index in [1.165, 1.54) is 12.1 Å². The normalized spacial score (nSPS) is 18.5. The number of hydrogen-bond donors (Lipinski definition) is 1. The van der Waals surface area contributed by atoms with Crippen LogP contribution in [0.25, 0.3) is 0 Å². The maximum atomic E-state index is 13.6. The number of benzene rings is 1. The molecule has 2 aromatic rings. The molecule has 2 amide bonds. The number of rotatable bonds is 6. The van der Waals surface area contributed by atoms with Crippen LogP contribution in [-0.2, 0) is 16.0 Å². The zero-order valence-corrected chi connectivity index (χ0v) is 14.0. The number of likely N-dealkylation sites (N-methyl/N-ethyl adjacent to an activating group) is 1. The van der Waals surface area contributed by atoms with Crippen LogP contribution in [0.5, 0.6) is 0 Å². The van der Waals surface area contributed by atoms with Crippen molar-refractivity contribution in [3.8, 4) is 0 Å². The Morgan fingerprint density at radius 1 is 1.20 bits per heavy atom. The fourth-order valence-corrected chi connectivity index (χ4v) is 2.79. The third-order valence-corrected chi connectivity index (χ3v) is 4.44.